The average molecular weight is 614 g/mol. The standard InChI is InChI=1S/C29H34BrFN6O3/c1-28(2,3)40-27(38)37-13-12-35(17-19(37)6-9-32)25-20-14-23(31)22(30)15-24(20)34-26(21(25)16-33)39-18-29-7-4-10-36(29)11-5-8-29/h14-15,19H,4-8,10-13,17-18H2,1-3H3/t19-/m0/s1. The Morgan fingerprint density at radius 2 is 1.93 bits per heavy atom. The third kappa shape index (κ3) is 5.42. The number of ether oxygens (including phenoxy) is 2. The van der Waals surface area contributed by atoms with E-state index in [-0.39, 0.29) is 41.0 Å². The second-order valence-corrected chi connectivity index (χ2v) is 12.7. The lowest BCUT2D eigenvalue weighted by molar-refractivity contribution is 0.0145. The number of anilines is 1. The van der Waals surface area contributed by atoms with E-state index in [0.29, 0.717) is 29.7 Å². The fourth-order valence-corrected chi connectivity index (χ4v) is 6.65. The predicted molar refractivity (Wildman–Crippen MR) is 152 cm³/mol. The molecule has 0 N–H and O–H groups in total. The van der Waals surface area contributed by atoms with Gasteiger partial charge < -0.3 is 19.3 Å². The molecule has 0 aliphatic carbocycles. The Labute approximate surface area is 242 Å². The Morgan fingerprint density at radius 1 is 1.20 bits per heavy atom. The van der Waals surface area contributed by atoms with Gasteiger partial charge in [0.05, 0.1) is 39.7 Å². The second-order valence-electron chi connectivity index (χ2n) is 11.9. The highest BCUT2D eigenvalue weighted by molar-refractivity contribution is 9.10. The molecule has 1 atom stereocenters. The number of nitrogens with zero attached hydrogens (tertiary/aromatic N) is 6. The number of halogens is 2. The van der Waals surface area contributed by atoms with Crippen molar-refractivity contribution in [2.24, 2.45) is 0 Å². The van der Waals surface area contributed by atoms with Crippen LogP contribution >= 0.6 is 15.9 Å². The van der Waals surface area contributed by atoms with E-state index in [0.717, 1.165) is 38.8 Å². The summed E-state index contributed by atoms with van der Waals surface area (Å²) in [5, 5.41) is 20.4. The number of fused-ring (bicyclic) bond motifs is 2. The van der Waals surface area contributed by atoms with Crippen molar-refractivity contribution in [1.29, 1.82) is 10.5 Å². The van der Waals surface area contributed by atoms with Gasteiger partial charge in [-0.05, 0) is 87.6 Å². The fourth-order valence-electron chi connectivity index (χ4n) is 6.32. The molecule has 3 saturated heterocycles. The van der Waals surface area contributed by atoms with E-state index in [4.69, 9.17) is 14.5 Å². The summed E-state index contributed by atoms with van der Waals surface area (Å²) in [7, 11) is 0. The molecule has 3 aliphatic rings. The molecule has 1 aromatic heterocycles. The van der Waals surface area contributed by atoms with Crippen molar-refractivity contribution in [3.05, 3.63) is 28.0 Å². The molecular weight excluding hydrogens is 579 g/mol. The first-order chi connectivity index (χ1) is 19.0. The molecule has 1 amide bonds. The summed E-state index contributed by atoms with van der Waals surface area (Å²) < 4.78 is 27.1. The summed E-state index contributed by atoms with van der Waals surface area (Å²) >= 11 is 3.27. The monoisotopic (exact) mass is 612 g/mol. The van der Waals surface area contributed by atoms with Crippen molar-refractivity contribution in [1.82, 2.24) is 14.8 Å². The Hall–Kier alpha value is -3.15. The van der Waals surface area contributed by atoms with Crippen LogP contribution in [0.25, 0.3) is 10.9 Å². The molecule has 3 fully saturated rings. The van der Waals surface area contributed by atoms with Crippen LogP contribution in [0.15, 0.2) is 16.6 Å². The molecule has 5 rings (SSSR count). The van der Waals surface area contributed by atoms with Crippen LogP contribution in [0.5, 0.6) is 5.88 Å². The van der Waals surface area contributed by atoms with Gasteiger partial charge in [-0.1, -0.05) is 0 Å². The van der Waals surface area contributed by atoms with Crippen molar-refractivity contribution >= 4 is 38.6 Å². The third-order valence-corrected chi connectivity index (χ3v) is 8.73. The summed E-state index contributed by atoms with van der Waals surface area (Å²) in [6.07, 6.45) is 3.95. The molecule has 212 valence electrons. The first-order valence-electron chi connectivity index (χ1n) is 13.8. The van der Waals surface area contributed by atoms with E-state index in [1.54, 1.807) is 31.7 Å². The molecule has 0 spiro atoms. The molecule has 3 aliphatic heterocycles. The highest BCUT2D eigenvalue weighted by Gasteiger charge is 2.45. The molecule has 4 heterocycles. The Bertz CT molecular complexity index is 1390. The smallest absolute Gasteiger partial charge is 0.410 e. The Balaban J connectivity index is 1.52. The highest BCUT2D eigenvalue weighted by Crippen LogP contribution is 2.42. The maximum Gasteiger partial charge on any atom is 0.410 e. The number of amides is 1. The molecule has 1 aromatic carbocycles. The van der Waals surface area contributed by atoms with Crippen LogP contribution in [0.1, 0.15) is 58.4 Å². The van der Waals surface area contributed by atoms with Crippen LogP contribution in [0.4, 0.5) is 14.9 Å². The first kappa shape index (κ1) is 28.4. The number of rotatable bonds is 5. The van der Waals surface area contributed by atoms with Crippen LogP contribution in [-0.2, 0) is 4.74 Å². The van der Waals surface area contributed by atoms with Crippen molar-refractivity contribution in [3.8, 4) is 18.0 Å². The normalized spacial score (nSPS) is 20.7. The highest BCUT2D eigenvalue weighted by atomic mass is 79.9. The minimum atomic E-state index is -0.675. The van der Waals surface area contributed by atoms with Gasteiger partial charge in [-0.3, -0.25) is 4.90 Å². The van der Waals surface area contributed by atoms with Crippen LogP contribution in [-0.4, -0.2) is 77.4 Å². The van der Waals surface area contributed by atoms with Crippen LogP contribution < -0.4 is 9.64 Å². The Morgan fingerprint density at radius 3 is 2.58 bits per heavy atom. The van der Waals surface area contributed by atoms with E-state index in [1.165, 1.54) is 6.07 Å². The number of carbonyl (C=O) groups is 1. The van der Waals surface area contributed by atoms with E-state index in [9.17, 15) is 19.7 Å². The Kier molecular flexibility index (Phi) is 7.82. The van der Waals surface area contributed by atoms with Gasteiger partial charge in [-0.25, -0.2) is 14.2 Å². The lowest BCUT2D eigenvalue weighted by Gasteiger charge is -2.42. The lowest BCUT2D eigenvalue weighted by atomic mass is 9.95. The summed E-state index contributed by atoms with van der Waals surface area (Å²) in [4.78, 5) is 23.6. The topological polar surface area (TPSA) is 106 Å². The van der Waals surface area contributed by atoms with Gasteiger partial charge in [0.25, 0.3) is 0 Å². The van der Waals surface area contributed by atoms with Gasteiger partial charge in [0, 0.05) is 25.0 Å². The average Bonchev–Trinajstić information content (AvgIpc) is 3.47. The van der Waals surface area contributed by atoms with E-state index in [2.05, 4.69) is 33.0 Å². The lowest BCUT2D eigenvalue weighted by Crippen LogP contribution is -2.56. The molecule has 0 radical (unpaired) electrons. The van der Waals surface area contributed by atoms with Crippen molar-refractivity contribution < 1.29 is 18.7 Å². The predicted octanol–water partition coefficient (Wildman–Crippen LogP) is 5.35. The summed E-state index contributed by atoms with van der Waals surface area (Å²) in [6, 6.07) is 6.96. The van der Waals surface area contributed by atoms with E-state index < -0.39 is 23.6 Å². The molecule has 11 heteroatoms. The SMILES string of the molecule is CC(C)(C)OC(=O)N1CCN(c2c(C#N)c(OCC34CCCN3CCC4)nc3cc(Br)c(F)cc23)C[C@@H]1CC#N. The number of hydrogen-bond acceptors (Lipinski definition) is 8. The van der Waals surface area contributed by atoms with Crippen LogP contribution in [0.2, 0.25) is 0 Å². The van der Waals surface area contributed by atoms with Crippen molar-refractivity contribution in [2.75, 3.05) is 44.2 Å². The quantitative estimate of drug-likeness (QED) is 0.444. The molecule has 2 aromatic rings. The number of benzene rings is 1. The number of nitriles is 2. The first-order valence-corrected chi connectivity index (χ1v) is 14.6. The largest absolute Gasteiger partial charge is 0.475 e. The summed E-state index contributed by atoms with van der Waals surface area (Å²) in [6.45, 7) is 8.86. The number of carbonyl (C=O) groups excluding carboxylic acids is 1. The molecular formula is C29H34BrFN6O3. The summed E-state index contributed by atoms with van der Waals surface area (Å²) in [5.41, 5.74) is 0.522. The number of hydrogen-bond donors (Lipinski definition) is 0. The van der Waals surface area contributed by atoms with Crippen molar-refractivity contribution in [3.63, 3.8) is 0 Å². The van der Waals surface area contributed by atoms with Crippen LogP contribution in [0.3, 0.4) is 0 Å². The maximum absolute atomic E-state index is 14.8. The molecule has 0 bridgehead atoms. The molecule has 40 heavy (non-hydrogen) atoms. The van der Waals surface area contributed by atoms with Gasteiger partial charge in [0.15, 0.2) is 0 Å². The van der Waals surface area contributed by atoms with E-state index >= 15 is 0 Å². The zero-order valence-electron chi connectivity index (χ0n) is 23.2. The third-order valence-electron chi connectivity index (χ3n) is 8.12. The van der Waals surface area contributed by atoms with Crippen molar-refractivity contribution in [2.45, 2.75) is 70.1 Å². The minimum Gasteiger partial charge on any atom is -0.475 e. The zero-order chi connectivity index (χ0) is 28.7. The molecule has 9 nitrogen and oxygen atoms in total. The number of piperazine rings is 1. The number of pyridine rings is 1. The van der Waals surface area contributed by atoms with Crippen LogP contribution in [0, 0.1) is 28.5 Å². The number of aromatic nitrogens is 1. The minimum absolute atomic E-state index is 0.0379. The molecule has 0 unspecified atom stereocenters. The fraction of sp³-hybridized carbons (Fsp3) is 0.586. The van der Waals surface area contributed by atoms with Gasteiger partial charge >= 0.3 is 6.09 Å². The van der Waals surface area contributed by atoms with Gasteiger partial charge in [0.1, 0.15) is 29.7 Å². The van der Waals surface area contributed by atoms with E-state index in [1.807, 2.05) is 4.90 Å². The van der Waals surface area contributed by atoms with Gasteiger partial charge in [-0.15, -0.1) is 0 Å². The second kappa shape index (κ2) is 11.0. The molecule has 0 saturated carbocycles. The summed E-state index contributed by atoms with van der Waals surface area (Å²) in [5.74, 6) is -0.247. The maximum atomic E-state index is 14.8. The van der Waals surface area contributed by atoms with Gasteiger partial charge in [0.2, 0.25) is 5.88 Å². The van der Waals surface area contributed by atoms with Gasteiger partial charge in [-0.2, -0.15) is 10.5 Å². The zero-order valence-corrected chi connectivity index (χ0v) is 24.8.